The van der Waals surface area contributed by atoms with Crippen molar-refractivity contribution in [2.24, 2.45) is 57.7 Å². The molecule has 1 amide bonds. The SMILES string of the molecule is CC[C@@]1(OC(=O)OC2CCC3(C)C(=CCC4C3CCC3(C)C(C(C)CCCC(C)C)CCC43)C2)C[C@@H]2CN(CCc3c([nH]c4ccccc34)[C@](C(=O)OC)(c3cc4c(cc3OC)N(C=O)[C@@H]3[C@](O)(C(=O)OC)[C@@H](OC(C)=O)[C@@]5(C)C=CCN6CC[C@@]43[C@H]65)C2)C1. The van der Waals surface area contributed by atoms with Gasteiger partial charge in [-0.3, -0.25) is 24.2 Å². The predicted molar refractivity (Wildman–Crippen MR) is 338 cm³/mol. The molecule has 13 rings (SSSR count). The Morgan fingerprint density at radius 3 is 2.39 bits per heavy atom. The minimum absolute atomic E-state index is 0.0952. The van der Waals surface area contributed by atoms with Crippen LogP contribution in [0.4, 0.5) is 10.5 Å². The van der Waals surface area contributed by atoms with Crippen LogP contribution in [0.2, 0.25) is 0 Å². The van der Waals surface area contributed by atoms with Crippen LogP contribution in [0, 0.1) is 57.7 Å². The number of H-pyrrole nitrogens is 1. The van der Waals surface area contributed by atoms with E-state index < -0.39 is 69.7 Å². The number of benzene rings is 2. The van der Waals surface area contributed by atoms with Crippen molar-refractivity contribution < 1.29 is 57.5 Å². The normalized spacial score (nSPS) is 39.4. The fourth-order valence-electron chi connectivity index (χ4n) is 22.3. The van der Waals surface area contributed by atoms with Crippen molar-refractivity contribution in [1.29, 1.82) is 0 Å². The summed E-state index contributed by atoms with van der Waals surface area (Å²) in [5.74, 6) is 2.20. The molecule has 2 N–H and O–H groups in total. The van der Waals surface area contributed by atoms with E-state index in [0.717, 1.165) is 65.8 Å². The third kappa shape index (κ3) is 9.19. The Labute approximate surface area is 526 Å². The van der Waals surface area contributed by atoms with Crippen LogP contribution >= 0.6 is 0 Å². The van der Waals surface area contributed by atoms with E-state index in [0.29, 0.717) is 105 Å². The molecule has 89 heavy (non-hydrogen) atoms. The molecule has 2 saturated heterocycles. The number of amides is 1. The van der Waals surface area contributed by atoms with Gasteiger partial charge in [-0.2, -0.15) is 0 Å². The van der Waals surface area contributed by atoms with Crippen molar-refractivity contribution in [1.82, 2.24) is 14.8 Å². The molecule has 5 aliphatic carbocycles. The lowest BCUT2D eigenvalue weighted by atomic mass is 9.47. The van der Waals surface area contributed by atoms with Crippen LogP contribution in [0.3, 0.4) is 0 Å². The Morgan fingerprint density at radius 2 is 1.66 bits per heavy atom. The van der Waals surface area contributed by atoms with Crippen molar-refractivity contribution in [2.75, 3.05) is 59.0 Å². The summed E-state index contributed by atoms with van der Waals surface area (Å²) < 4.78 is 37.5. The summed E-state index contributed by atoms with van der Waals surface area (Å²) in [6.45, 7) is 20.4. The third-order valence-electron chi connectivity index (χ3n) is 25.9. The molecule has 1 aromatic heterocycles. The van der Waals surface area contributed by atoms with E-state index in [1.807, 2.05) is 43.3 Å². The summed E-state index contributed by atoms with van der Waals surface area (Å²) in [6, 6.07) is 9.97. The molecule has 16 heteroatoms. The van der Waals surface area contributed by atoms with Gasteiger partial charge in [0.2, 0.25) is 12.0 Å². The number of rotatable bonds is 14. The maximum Gasteiger partial charge on any atom is 0.509 e. The molecule has 9 unspecified atom stereocenters. The number of hydrogen-bond acceptors (Lipinski definition) is 14. The fraction of sp³-hybridized carbons (Fsp3) is 0.685. The topological polar surface area (TPSA) is 186 Å². The lowest BCUT2D eigenvalue weighted by Crippen LogP contribution is -2.81. The van der Waals surface area contributed by atoms with Crippen LogP contribution in [0.15, 0.2) is 60.2 Å². The molecule has 2 aromatic carbocycles. The first kappa shape index (κ1) is 62.1. The standard InChI is InChI=1S/C73H98N4O12/c1-12-70(89-66(82)88-48-25-29-67(6)47(35-48)21-22-51-53-24-23-52(44(4)18-15-17-43(2)3)68(53,7)30-26-54(51)67)38-46-39-72(64(80)85-10,60-50(27-33-75(40-46)41-70)49-19-13-14-20-57(49)74-60)56-36-55-58(37-59(56)84-9)77(42-78)62-71(55)31-34-76-32-16-28-69(8,61(71)76)63(87-45(5)79)73(62,83)65(81)86-11/h13-14,16,19-21,28,36-37,42-44,46,48,51-54,61-63,74,83H,12,15,17-18,22-27,29-35,38-41H2,1-11H3/t44?,46-,48?,51?,52?,53?,54?,61+,62-,63-,67?,68?,69-,70+,71-,72+,73+/m0/s1. The van der Waals surface area contributed by atoms with Crippen molar-refractivity contribution in [2.45, 2.75) is 204 Å². The Hall–Kier alpha value is -5.71. The number of nitrogens with zero attached hydrogens (tertiary/aromatic N) is 3. The largest absolute Gasteiger partial charge is 0.509 e. The number of aromatic amines is 1. The van der Waals surface area contributed by atoms with Gasteiger partial charge in [-0.05, 0) is 159 Å². The van der Waals surface area contributed by atoms with Crippen LogP contribution in [0.25, 0.3) is 10.9 Å². The van der Waals surface area contributed by atoms with Gasteiger partial charge in [0, 0.05) is 84.6 Å². The van der Waals surface area contributed by atoms with Gasteiger partial charge in [0.15, 0.2) is 6.10 Å². The number of para-hydroxylation sites is 1. The van der Waals surface area contributed by atoms with E-state index in [4.69, 9.17) is 28.4 Å². The summed E-state index contributed by atoms with van der Waals surface area (Å²) in [6.07, 6.45) is 19.7. The number of hydrogen-bond donors (Lipinski definition) is 2. The Balaban J connectivity index is 0.833. The number of carbonyl (C=O) groups is 5. The molecule has 1 spiro atoms. The first-order valence-corrected chi connectivity index (χ1v) is 33.9. The van der Waals surface area contributed by atoms with Gasteiger partial charge >= 0.3 is 24.1 Å². The molecule has 482 valence electrons. The smallest absolute Gasteiger partial charge is 0.496 e. The second-order valence-electron chi connectivity index (χ2n) is 30.6. The number of allylic oxidation sites excluding steroid dienone is 1. The Morgan fingerprint density at radius 1 is 0.876 bits per heavy atom. The third-order valence-corrected chi connectivity index (χ3v) is 25.9. The predicted octanol–water partition coefficient (Wildman–Crippen LogP) is 11.7. The van der Waals surface area contributed by atoms with Crippen LogP contribution in [0.1, 0.15) is 174 Å². The molecule has 18 atom stereocenters. The highest BCUT2D eigenvalue weighted by Crippen LogP contribution is 2.70. The molecule has 0 radical (unpaired) electrons. The second kappa shape index (κ2) is 22.5. The first-order valence-electron chi connectivity index (χ1n) is 33.9. The fourth-order valence-corrected chi connectivity index (χ4v) is 22.3. The summed E-state index contributed by atoms with van der Waals surface area (Å²) in [5, 5.41) is 14.4. The molecular weight excluding hydrogens is 1120 g/mol. The van der Waals surface area contributed by atoms with E-state index in [2.05, 4.69) is 68.5 Å². The van der Waals surface area contributed by atoms with Gasteiger partial charge in [0.25, 0.3) is 0 Å². The number of ether oxygens (including phenoxy) is 6. The Bertz CT molecular complexity index is 3370. The van der Waals surface area contributed by atoms with E-state index >= 15 is 4.79 Å². The van der Waals surface area contributed by atoms with Gasteiger partial charge in [0.05, 0.1) is 33.1 Å². The number of anilines is 1. The number of nitrogens with one attached hydrogen (secondary N) is 1. The van der Waals surface area contributed by atoms with Crippen LogP contribution in [-0.2, 0) is 60.1 Å². The average Bonchev–Trinajstić information content (AvgIpc) is 1.51. The van der Waals surface area contributed by atoms with E-state index in [9.17, 15) is 24.3 Å². The molecule has 3 aromatic rings. The average molecular weight is 1220 g/mol. The summed E-state index contributed by atoms with van der Waals surface area (Å²) in [5.41, 5.74) is -1.61. The van der Waals surface area contributed by atoms with Crippen molar-refractivity contribution in [3.8, 4) is 5.75 Å². The van der Waals surface area contributed by atoms with Crippen molar-refractivity contribution >= 4 is 47.1 Å². The van der Waals surface area contributed by atoms with Gasteiger partial charge in [-0.1, -0.05) is 110 Å². The number of fused-ring (bicyclic) bond motifs is 11. The highest BCUT2D eigenvalue weighted by Gasteiger charge is 2.80. The number of aromatic nitrogens is 1. The van der Waals surface area contributed by atoms with E-state index in [-0.39, 0.29) is 29.6 Å². The van der Waals surface area contributed by atoms with Gasteiger partial charge in [-0.25, -0.2) is 9.59 Å². The zero-order valence-corrected chi connectivity index (χ0v) is 54.8. The molecule has 2 bridgehead atoms. The maximum atomic E-state index is 16.0. The number of carbonyl (C=O) groups excluding carboxylic acids is 5. The molecule has 4 saturated carbocycles. The second-order valence-corrected chi connectivity index (χ2v) is 30.6. The minimum atomic E-state index is -2.58. The van der Waals surface area contributed by atoms with Crippen molar-refractivity contribution in [3.63, 3.8) is 0 Å². The lowest BCUT2D eigenvalue weighted by Gasteiger charge is -2.62. The molecule has 5 aliphatic heterocycles. The maximum absolute atomic E-state index is 16.0. The monoisotopic (exact) mass is 1220 g/mol. The highest BCUT2D eigenvalue weighted by atomic mass is 16.7. The number of esters is 3. The molecule has 10 aliphatic rings. The number of methoxy groups -OCH3 is 3. The number of piperidine rings is 1. The van der Waals surface area contributed by atoms with Crippen LogP contribution in [0.5, 0.6) is 5.75 Å². The summed E-state index contributed by atoms with van der Waals surface area (Å²) >= 11 is 0. The summed E-state index contributed by atoms with van der Waals surface area (Å²) in [4.78, 5) is 82.4. The molecular formula is C73H98N4O12. The zero-order chi connectivity index (χ0) is 63.0. The molecule has 6 fully saturated rings. The summed E-state index contributed by atoms with van der Waals surface area (Å²) in [7, 11) is 4.13. The van der Waals surface area contributed by atoms with Gasteiger partial charge < -0.3 is 43.4 Å². The van der Waals surface area contributed by atoms with E-state index in [1.165, 1.54) is 83.7 Å². The lowest BCUT2D eigenvalue weighted by molar-refractivity contribution is -0.225. The first-order chi connectivity index (χ1) is 42.5. The zero-order valence-electron chi connectivity index (χ0n) is 54.8. The molecule has 16 nitrogen and oxygen atoms in total. The van der Waals surface area contributed by atoms with Gasteiger partial charge in [0.1, 0.15) is 22.9 Å². The minimum Gasteiger partial charge on any atom is -0.496 e. The highest BCUT2D eigenvalue weighted by molar-refractivity contribution is 5.96. The van der Waals surface area contributed by atoms with Crippen LogP contribution < -0.4 is 9.64 Å². The van der Waals surface area contributed by atoms with Gasteiger partial charge in [-0.15, -0.1) is 0 Å². The Kier molecular flexibility index (Phi) is 15.7. The van der Waals surface area contributed by atoms with E-state index in [1.54, 1.807) is 6.07 Å². The van der Waals surface area contributed by atoms with Crippen LogP contribution in [-0.4, -0.2) is 140 Å². The number of aliphatic hydroxyl groups is 1. The molecule has 6 heterocycles. The quantitative estimate of drug-likeness (QED) is 0.0672. The van der Waals surface area contributed by atoms with Crippen molar-refractivity contribution in [3.05, 3.63) is 82.6 Å².